The van der Waals surface area contributed by atoms with Crippen LogP contribution in [0, 0.1) is 5.92 Å². The maximum absolute atomic E-state index is 12.8. The Hall–Kier alpha value is -3.12. The molecule has 0 aliphatic rings. The fraction of sp³-hybridized carbons (Fsp3) is 0.261. The minimum absolute atomic E-state index is 0.197. The minimum Gasteiger partial charge on any atom is -0.464 e. The van der Waals surface area contributed by atoms with Crippen LogP contribution in [0.2, 0.25) is 5.02 Å². The van der Waals surface area contributed by atoms with Gasteiger partial charge in [0.15, 0.2) is 0 Å². The van der Waals surface area contributed by atoms with Gasteiger partial charge in [-0.1, -0.05) is 61.8 Å². The second kappa shape index (κ2) is 10.1. The summed E-state index contributed by atoms with van der Waals surface area (Å²) in [5.74, 6) is -0.691. The molecular weight excluding hydrogens is 402 g/mol. The summed E-state index contributed by atoms with van der Waals surface area (Å²) in [5, 5.41) is 3.22. The number of nitrogens with zero attached hydrogens (tertiary/aromatic N) is 2. The van der Waals surface area contributed by atoms with Gasteiger partial charge in [-0.3, -0.25) is 4.79 Å². The zero-order chi connectivity index (χ0) is 21.5. The summed E-state index contributed by atoms with van der Waals surface area (Å²) in [5.41, 5.74) is 2.16. The molecule has 0 saturated carbocycles. The molecule has 0 aliphatic heterocycles. The third-order valence-corrected chi connectivity index (χ3v) is 4.73. The van der Waals surface area contributed by atoms with Crippen LogP contribution in [-0.2, 0) is 16.1 Å². The molecule has 3 rings (SSSR count). The summed E-state index contributed by atoms with van der Waals surface area (Å²) >= 11 is 6.42. The highest BCUT2D eigenvalue weighted by Gasteiger charge is 2.24. The highest BCUT2D eigenvalue weighted by Crippen LogP contribution is 2.28. The molecule has 1 atom stereocenters. The van der Waals surface area contributed by atoms with Crippen LogP contribution in [0.5, 0.6) is 0 Å². The van der Waals surface area contributed by atoms with Crippen molar-refractivity contribution in [2.24, 2.45) is 5.92 Å². The number of imidazole rings is 1. The number of aromatic nitrogens is 2. The van der Waals surface area contributed by atoms with E-state index in [2.05, 4.69) is 10.3 Å². The Morgan fingerprint density at radius 1 is 1.17 bits per heavy atom. The van der Waals surface area contributed by atoms with Gasteiger partial charge in [0.25, 0.3) is 5.91 Å². The van der Waals surface area contributed by atoms with E-state index in [1.54, 1.807) is 41.5 Å². The summed E-state index contributed by atoms with van der Waals surface area (Å²) in [4.78, 5) is 29.4. The summed E-state index contributed by atoms with van der Waals surface area (Å²) in [6.07, 6.45) is 4.92. The number of esters is 1. The Labute approximate surface area is 180 Å². The second-order valence-corrected chi connectivity index (χ2v) is 7.78. The molecule has 0 fully saturated rings. The van der Waals surface area contributed by atoms with E-state index in [9.17, 15) is 9.59 Å². The summed E-state index contributed by atoms with van der Waals surface area (Å²) in [6.45, 7) is 4.41. The van der Waals surface area contributed by atoms with Gasteiger partial charge < -0.3 is 14.6 Å². The first kappa shape index (κ1) is 21.6. The number of benzene rings is 2. The third kappa shape index (κ3) is 5.70. The maximum Gasteiger partial charge on any atom is 0.330 e. The summed E-state index contributed by atoms with van der Waals surface area (Å²) in [7, 11) is 0. The molecule has 30 heavy (non-hydrogen) atoms. The van der Waals surface area contributed by atoms with Crippen molar-refractivity contribution < 1.29 is 14.3 Å². The SMILES string of the molecule is CC(C)COC(=O)[C@H](Cn1ccnc1)NC(=O)c1ccc(-c2ccccc2)c(Cl)c1. The Bertz CT molecular complexity index is 988. The van der Waals surface area contributed by atoms with Crippen LogP contribution in [0.3, 0.4) is 0 Å². The van der Waals surface area contributed by atoms with Gasteiger partial charge in [-0.25, -0.2) is 9.78 Å². The normalized spacial score (nSPS) is 11.9. The molecule has 0 spiro atoms. The van der Waals surface area contributed by atoms with Crippen molar-refractivity contribution >= 4 is 23.5 Å². The molecule has 1 heterocycles. The summed E-state index contributed by atoms with van der Waals surface area (Å²) < 4.78 is 7.05. The van der Waals surface area contributed by atoms with E-state index in [1.165, 1.54) is 0 Å². The first-order valence-corrected chi connectivity index (χ1v) is 10.1. The number of rotatable bonds is 8. The van der Waals surface area contributed by atoms with E-state index < -0.39 is 17.9 Å². The van der Waals surface area contributed by atoms with Crippen LogP contribution in [-0.4, -0.2) is 34.1 Å². The van der Waals surface area contributed by atoms with Gasteiger partial charge in [0, 0.05) is 28.5 Å². The van der Waals surface area contributed by atoms with Crippen LogP contribution in [0.25, 0.3) is 11.1 Å². The van der Waals surface area contributed by atoms with Crippen LogP contribution >= 0.6 is 11.6 Å². The van der Waals surface area contributed by atoms with Gasteiger partial charge in [0.05, 0.1) is 19.5 Å². The Balaban J connectivity index is 1.75. The van der Waals surface area contributed by atoms with Crippen molar-refractivity contribution in [3.63, 3.8) is 0 Å². The molecule has 6 nitrogen and oxygen atoms in total. The number of carbonyl (C=O) groups is 2. The van der Waals surface area contributed by atoms with Crippen molar-refractivity contribution in [2.75, 3.05) is 6.61 Å². The van der Waals surface area contributed by atoms with Crippen molar-refractivity contribution in [1.82, 2.24) is 14.9 Å². The highest BCUT2D eigenvalue weighted by atomic mass is 35.5. The molecule has 0 saturated heterocycles. The lowest BCUT2D eigenvalue weighted by Crippen LogP contribution is -2.44. The first-order valence-electron chi connectivity index (χ1n) is 9.72. The van der Waals surface area contributed by atoms with E-state index in [4.69, 9.17) is 16.3 Å². The molecule has 7 heteroatoms. The standard InChI is InChI=1S/C23H24ClN3O3/c1-16(2)14-30-23(29)21(13-27-11-10-25-15-27)26-22(28)18-8-9-19(20(24)12-18)17-6-4-3-5-7-17/h3-12,15-16,21H,13-14H2,1-2H3,(H,26,28)/t21-/m0/s1. The molecular formula is C23H24ClN3O3. The first-order chi connectivity index (χ1) is 14.4. The molecule has 156 valence electrons. The Kier molecular flexibility index (Phi) is 7.25. The molecule has 1 amide bonds. The van der Waals surface area contributed by atoms with E-state index >= 15 is 0 Å². The number of ether oxygens (including phenoxy) is 1. The van der Waals surface area contributed by atoms with Gasteiger partial charge in [0.1, 0.15) is 6.04 Å². The quantitative estimate of drug-likeness (QED) is 0.549. The Morgan fingerprint density at radius 2 is 1.93 bits per heavy atom. The molecule has 0 radical (unpaired) electrons. The zero-order valence-electron chi connectivity index (χ0n) is 16.9. The minimum atomic E-state index is -0.849. The van der Waals surface area contributed by atoms with Crippen molar-refractivity contribution in [2.45, 2.75) is 26.4 Å². The van der Waals surface area contributed by atoms with E-state index in [0.29, 0.717) is 10.6 Å². The average molecular weight is 426 g/mol. The van der Waals surface area contributed by atoms with Gasteiger partial charge >= 0.3 is 5.97 Å². The van der Waals surface area contributed by atoms with Crippen LogP contribution in [0.15, 0.2) is 67.3 Å². The van der Waals surface area contributed by atoms with Crippen molar-refractivity contribution in [3.8, 4) is 11.1 Å². The lowest BCUT2D eigenvalue weighted by atomic mass is 10.0. The van der Waals surface area contributed by atoms with E-state index in [1.807, 2.05) is 44.2 Å². The molecule has 1 N–H and O–H groups in total. The molecule has 0 bridgehead atoms. The molecule has 1 aromatic heterocycles. The number of carbonyl (C=O) groups excluding carboxylic acids is 2. The number of hydrogen-bond donors (Lipinski definition) is 1. The lowest BCUT2D eigenvalue weighted by Gasteiger charge is -2.19. The lowest BCUT2D eigenvalue weighted by molar-refractivity contribution is -0.147. The Morgan fingerprint density at radius 3 is 2.57 bits per heavy atom. The predicted molar refractivity (Wildman–Crippen MR) is 116 cm³/mol. The predicted octanol–water partition coefficient (Wildman–Crippen LogP) is 4.20. The third-order valence-electron chi connectivity index (χ3n) is 4.42. The molecule has 3 aromatic rings. The van der Waals surface area contributed by atoms with Crippen LogP contribution in [0.4, 0.5) is 0 Å². The van der Waals surface area contributed by atoms with Gasteiger partial charge in [-0.05, 0) is 23.6 Å². The number of nitrogens with one attached hydrogen (secondary N) is 1. The molecule has 0 aliphatic carbocycles. The zero-order valence-corrected chi connectivity index (χ0v) is 17.7. The number of hydrogen-bond acceptors (Lipinski definition) is 4. The van der Waals surface area contributed by atoms with Gasteiger partial charge in [-0.15, -0.1) is 0 Å². The average Bonchev–Trinajstić information content (AvgIpc) is 3.25. The fourth-order valence-corrected chi connectivity index (χ4v) is 3.17. The summed E-state index contributed by atoms with van der Waals surface area (Å²) in [6, 6.07) is 13.9. The highest BCUT2D eigenvalue weighted by molar-refractivity contribution is 6.33. The fourth-order valence-electron chi connectivity index (χ4n) is 2.88. The number of amides is 1. The molecule has 0 unspecified atom stereocenters. The van der Waals surface area contributed by atoms with Crippen molar-refractivity contribution in [1.29, 1.82) is 0 Å². The monoisotopic (exact) mass is 425 g/mol. The van der Waals surface area contributed by atoms with Crippen LogP contribution in [0.1, 0.15) is 24.2 Å². The maximum atomic E-state index is 12.8. The van der Waals surface area contributed by atoms with E-state index in [-0.39, 0.29) is 19.1 Å². The van der Waals surface area contributed by atoms with E-state index in [0.717, 1.165) is 11.1 Å². The molecule has 2 aromatic carbocycles. The van der Waals surface area contributed by atoms with Gasteiger partial charge in [-0.2, -0.15) is 0 Å². The van der Waals surface area contributed by atoms with Crippen molar-refractivity contribution in [3.05, 3.63) is 77.8 Å². The smallest absolute Gasteiger partial charge is 0.330 e. The second-order valence-electron chi connectivity index (χ2n) is 7.37. The largest absolute Gasteiger partial charge is 0.464 e. The number of halogens is 1. The van der Waals surface area contributed by atoms with Gasteiger partial charge in [0.2, 0.25) is 0 Å². The topological polar surface area (TPSA) is 73.2 Å². The van der Waals surface area contributed by atoms with Crippen LogP contribution < -0.4 is 5.32 Å².